The Bertz CT molecular complexity index is 144. The maximum Gasteiger partial charge on any atom is 0.639 e. The van der Waals surface area contributed by atoms with Gasteiger partial charge < -0.3 is 28.2 Å². The van der Waals surface area contributed by atoms with E-state index in [4.69, 9.17) is 28.2 Å². The molecule has 0 amide bonds. The normalized spacial score (nSPS) is 10.9. The van der Waals surface area contributed by atoms with E-state index in [1.807, 2.05) is 20.8 Å². The Morgan fingerprint density at radius 1 is 0.526 bits per heavy atom. The first kappa shape index (κ1) is 18.8. The Morgan fingerprint density at radius 2 is 0.842 bits per heavy atom. The second-order valence-corrected chi connectivity index (χ2v) is 3.49. The van der Waals surface area contributed by atoms with E-state index < -0.39 is 7.32 Å². The van der Waals surface area contributed by atoms with Gasteiger partial charge in [-0.15, -0.1) is 0 Å². The van der Waals surface area contributed by atoms with E-state index >= 15 is 0 Å². The molecular formula is C12H27BO6. The molecule has 19 heavy (non-hydrogen) atoms. The Morgan fingerprint density at radius 3 is 1.11 bits per heavy atom. The highest BCUT2D eigenvalue weighted by Gasteiger charge is 2.20. The average Bonchev–Trinajstić information content (AvgIpc) is 2.43. The summed E-state index contributed by atoms with van der Waals surface area (Å²) in [5.74, 6) is 0. The predicted molar refractivity (Wildman–Crippen MR) is 73.1 cm³/mol. The van der Waals surface area contributed by atoms with E-state index in [9.17, 15) is 0 Å². The molecule has 0 unspecified atom stereocenters. The minimum Gasteiger partial charge on any atom is -0.383 e. The quantitative estimate of drug-likeness (QED) is 0.330. The maximum atomic E-state index is 5.42. The lowest BCUT2D eigenvalue weighted by Crippen LogP contribution is -2.31. The van der Waals surface area contributed by atoms with Gasteiger partial charge in [0, 0.05) is 19.8 Å². The van der Waals surface area contributed by atoms with Crippen LogP contribution in [0.4, 0.5) is 0 Å². The SMILES string of the molecule is CCOCCOB(OCCOCC)OCCOCC. The fourth-order valence-electron chi connectivity index (χ4n) is 1.19. The van der Waals surface area contributed by atoms with Crippen molar-refractivity contribution in [1.82, 2.24) is 0 Å². The molecule has 6 nitrogen and oxygen atoms in total. The molecule has 0 atom stereocenters. The van der Waals surface area contributed by atoms with Crippen LogP contribution in [0, 0.1) is 0 Å². The van der Waals surface area contributed by atoms with Crippen LogP contribution in [-0.4, -0.2) is 66.8 Å². The molecule has 114 valence electrons. The van der Waals surface area contributed by atoms with Crippen molar-refractivity contribution in [2.45, 2.75) is 20.8 Å². The molecule has 0 saturated heterocycles. The van der Waals surface area contributed by atoms with Gasteiger partial charge in [0.05, 0.1) is 39.6 Å². The molecule has 0 bridgehead atoms. The van der Waals surface area contributed by atoms with Crippen LogP contribution in [0.3, 0.4) is 0 Å². The molecule has 0 aliphatic carbocycles. The first-order valence-corrected chi connectivity index (χ1v) is 6.93. The van der Waals surface area contributed by atoms with Crippen molar-refractivity contribution in [3.63, 3.8) is 0 Å². The predicted octanol–water partition coefficient (Wildman–Crippen LogP) is 1.13. The van der Waals surface area contributed by atoms with Gasteiger partial charge >= 0.3 is 7.32 Å². The molecule has 0 aromatic rings. The average molecular weight is 278 g/mol. The van der Waals surface area contributed by atoms with E-state index in [-0.39, 0.29) is 0 Å². The third kappa shape index (κ3) is 14.0. The molecule has 0 spiro atoms. The second kappa shape index (κ2) is 15.9. The highest BCUT2D eigenvalue weighted by molar-refractivity contribution is 6.36. The third-order valence-electron chi connectivity index (χ3n) is 2.06. The number of rotatable bonds is 15. The van der Waals surface area contributed by atoms with Crippen LogP contribution in [0.1, 0.15) is 20.8 Å². The van der Waals surface area contributed by atoms with Crippen molar-refractivity contribution >= 4 is 7.32 Å². The lowest BCUT2D eigenvalue weighted by molar-refractivity contribution is 0.0240. The summed E-state index contributed by atoms with van der Waals surface area (Å²) < 4.78 is 31.8. The molecule has 0 heterocycles. The van der Waals surface area contributed by atoms with Gasteiger partial charge in [-0.25, -0.2) is 0 Å². The number of hydrogen-bond acceptors (Lipinski definition) is 6. The molecule has 0 radical (unpaired) electrons. The zero-order valence-electron chi connectivity index (χ0n) is 12.4. The smallest absolute Gasteiger partial charge is 0.383 e. The van der Waals surface area contributed by atoms with Gasteiger partial charge in [-0.1, -0.05) is 0 Å². The maximum absolute atomic E-state index is 5.42. The summed E-state index contributed by atoms with van der Waals surface area (Å²) in [5, 5.41) is 0. The first-order valence-electron chi connectivity index (χ1n) is 6.93. The molecule has 0 aromatic heterocycles. The van der Waals surface area contributed by atoms with Crippen LogP contribution in [0.15, 0.2) is 0 Å². The summed E-state index contributed by atoms with van der Waals surface area (Å²) in [5.41, 5.74) is 0. The van der Waals surface area contributed by atoms with Crippen LogP contribution >= 0.6 is 0 Å². The van der Waals surface area contributed by atoms with Crippen molar-refractivity contribution in [3.05, 3.63) is 0 Å². The fourth-order valence-corrected chi connectivity index (χ4v) is 1.19. The van der Waals surface area contributed by atoms with E-state index in [1.54, 1.807) is 0 Å². The Hall–Kier alpha value is -0.175. The molecule has 0 fully saturated rings. The Kier molecular flexibility index (Phi) is 15.7. The van der Waals surface area contributed by atoms with Crippen molar-refractivity contribution in [3.8, 4) is 0 Å². The largest absolute Gasteiger partial charge is 0.639 e. The number of ether oxygens (including phenoxy) is 3. The van der Waals surface area contributed by atoms with Crippen LogP contribution in [0.2, 0.25) is 0 Å². The van der Waals surface area contributed by atoms with E-state index in [2.05, 4.69) is 0 Å². The summed E-state index contributed by atoms with van der Waals surface area (Å²) in [6.45, 7) is 10.7. The number of hydrogen-bond donors (Lipinski definition) is 0. The summed E-state index contributed by atoms with van der Waals surface area (Å²) in [6.07, 6.45) is 0. The highest BCUT2D eigenvalue weighted by Crippen LogP contribution is 1.94. The minimum atomic E-state index is -0.693. The molecule has 0 N–H and O–H groups in total. The third-order valence-corrected chi connectivity index (χ3v) is 2.06. The summed E-state index contributed by atoms with van der Waals surface area (Å²) in [7, 11) is -0.693. The van der Waals surface area contributed by atoms with E-state index in [0.717, 1.165) is 0 Å². The van der Waals surface area contributed by atoms with E-state index in [0.29, 0.717) is 59.5 Å². The van der Waals surface area contributed by atoms with Gasteiger partial charge in [-0.05, 0) is 20.8 Å². The summed E-state index contributed by atoms with van der Waals surface area (Å²) in [6, 6.07) is 0. The van der Waals surface area contributed by atoms with Gasteiger partial charge in [0.15, 0.2) is 0 Å². The molecule has 0 rings (SSSR count). The Balaban J connectivity index is 3.66. The van der Waals surface area contributed by atoms with Gasteiger partial charge in [0.1, 0.15) is 0 Å². The molecule has 0 saturated carbocycles. The van der Waals surface area contributed by atoms with Crippen molar-refractivity contribution in [2.24, 2.45) is 0 Å². The van der Waals surface area contributed by atoms with Crippen molar-refractivity contribution in [2.75, 3.05) is 59.5 Å². The van der Waals surface area contributed by atoms with Gasteiger partial charge in [0.25, 0.3) is 0 Å². The first-order chi connectivity index (χ1) is 9.35. The highest BCUT2D eigenvalue weighted by atomic mass is 16.7. The summed E-state index contributed by atoms with van der Waals surface area (Å²) in [4.78, 5) is 0. The van der Waals surface area contributed by atoms with Crippen LogP contribution in [-0.2, 0) is 28.2 Å². The van der Waals surface area contributed by atoms with Crippen molar-refractivity contribution in [1.29, 1.82) is 0 Å². The van der Waals surface area contributed by atoms with Gasteiger partial charge in [-0.2, -0.15) is 0 Å². The van der Waals surface area contributed by atoms with E-state index in [1.165, 1.54) is 0 Å². The zero-order valence-corrected chi connectivity index (χ0v) is 12.4. The monoisotopic (exact) mass is 278 g/mol. The zero-order chi connectivity index (χ0) is 14.2. The second-order valence-electron chi connectivity index (χ2n) is 3.49. The van der Waals surface area contributed by atoms with Crippen LogP contribution in [0.25, 0.3) is 0 Å². The molecule has 0 aliphatic rings. The lowest BCUT2D eigenvalue weighted by Gasteiger charge is -2.14. The van der Waals surface area contributed by atoms with Crippen LogP contribution < -0.4 is 0 Å². The fraction of sp³-hybridized carbons (Fsp3) is 1.00. The molecule has 0 aromatic carbocycles. The standard InChI is InChI=1S/C12H27BO6/c1-4-14-7-10-17-13(18-11-8-15-5-2)19-12-9-16-6-3/h4-12H2,1-3H3. The molecule has 0 aliphatic heterocycles. The van der Waals surface area contributed by atoms with Crippen molar-refractivity contribution < 1.29 is 28.2 Å². The minimum absolute atomic E-state index is 0.432. The molecule has 7 heteroatoms. The van der Waals surface area contributed by atoms with Gasteiger partial charge in [0.2, 0.25) is 0 Å². The molecular weight excluding hydrogens is 251 g/mol. The lowest BCUT2D eigenvalue weighted by atomic mass is 10.2. The Labute approximate surface area is 116 Å². The van der Waals surface area contributed by atoms with Gasteiger partial charge in [-0.3, -0.25) is 0 Å². The summed E-state index contributed by atoms with van der Waals surface area (Å²) >= 11 is 0. The topological polar surface area (TPSA) is 55.4 Å². The van der Waals surface area contributed by atoms with Crippen LogP contribution in [0.5, 0.6) is 0 Å².